The van der Waals surface area contributed by atoms with Crippen LogP contribution in [0.25, 0.3) is 0 Å². The number of hydrogen-bond donors (Lipinski definition) is 4. The maximum Gasteiger partial charge on any atom is 0.270 e. The van der Waals surface area contributed by atoms with Crippen molar-refractivity contribution in [3.8, 4) is 0 Å². The van der Waals surface area contributed by atoms with Crippen molar-refractivity contribution in [3.63, 3.8) is 0 Å². The molecular formula is C23H24FN7O2. The molecule has 33 heavy (non-hydrogen) atoms. The molecule has 3 rings (SSSR count). The Hall–Kier alpha value is -4.34. The normalized spacial score (nSPS) is 12.2. The van der Waals surface area contributed by atoms with Gasteiger partial charge in [0.2, 0.25) is 0 Å². The molecule has 0 saturated heterocycles. The van der Waals surface area contributed by atoms with Gasteiger partial charge in [-0.25, -0.2) is 14.4 Å². The van der Waals surface area contributed by atoms with Gasteiger partial charge in [-0.1, -0.05) is 36.4 Å². The van der Waals surface area contributed by atoms with Gasteiger partial charge in [-0.15, -0.1) is 0 Å². The lowest BCUT2D eigenvalue weighted by molar-refractivity contribution is 0.0934. The van der Waals surface area contributed by atoms with E-state index in [1.165, 1.54) is 12.1 Å². The zero-order valence-electron chi connectivity index (χ0n) is 18.2. The Balaban J connectivity index is 1.63. The maximum atomic E-state index is 13.4. The molecular weight excluding hydrogens is 425 g/mol. The fraction of sp³-hybridized carbons (Fsp3) is 0.174. The molecule has 0 spiro atoms. The number of carbonyl (C=O) groups excluding carboxylic acids is 2. The molecule has 1 aromatic heterocycles. The highest BCUT2D eigenvalue weighted by Crippen LogP contribution is 2.14. The molecule has 3 aromatic rings. The number of nitrogens with zero attached hydrogens (tertiary/aromatic N) is 3. The molecule has 0 aliphatic heterocycles. The second kappa shape index (κ2) is 10.3. The van der Waals surface area contributed by atoms with E-state index in [1.807, 2.05) is 6.92 Å². The number of amidine groups is 1. The van der Waals surface area contributed by atoms with E-state index in [2.05, 4.69) is 25.7 Å². The Bertz CT molecular complexity index is 1200. The summed E-state index contributed by atoms with van der Waals surface area (Å²) in [5, 5.41) is 8.97. The van der Waals surface area contributed by atoms with Crippen LogP contribution in [0.2, 0.25) is 0 Å². The van der Waals surface area contributed by atoms with E-state index in [0.717, 1.165) is 17.5 Å². The first kappa shape index (κ1) is 23.3. The van der Waals surface area contributed by atoms with Gasteiger partial charge in [0.1, 0.15) is 29.4 Å². The van der Waals surface area contributed by atoms with E-state index in [4.69, 9.17) is 11.6 Å². The predicted molar refractivity (Wildman–Crippen MR) is 122 cm³/mol. The van der Waals surface area contributed by atoms with E-state index in [9.17, 15) is 14.0 Å². The van der Waals surface area contributed by atoms with Gasteiger partial charge in [-0.05, 0) is 36.6 Å². The van der Waals surface area contributed by atoms with Gasteiger partial charge in [0.25, 0.3) is 11.8 Å². The monoisotopic (exact) mass is 449 g/mol. The van der Waals surface area contributed by atoms with E-state index in [1.54, 1.807) is 43.3 Å². The second-order valence-corrected chi connectivity index (χ2v) is 7.39. The van der Waals surface area contributed by atoms with E-state index < -0.39 is 11.8 Å². The van der Waals surface area contributed by atoms with Crippen LogP contribution in [0, 0.1) is 12.7 Å². The van der Waals surface area contributed by atoms with Gasteiger partial charge in [0.05, 0.1) is 6.04 Å². The highest BCUT2D eigenvalue weighted by molar-refractivity contribution is 5.98. The fourth-order valence-corrected chi connectivity index (χ4v) is 3.07. The van der Waals surface area contributed by atoms with Crippen molar-refractivity contribution < 1.29 is 14.0 Å². The highest BCUT2D eigenvalue weighted by Gasteiger charge is 2.16. The summed E-state index contributed by atoms with van der Waals surface area (Å²) in [6.07, 6.45) is 1.15. The minimum absolute atomic E-state index is 0.0440. The number of hydrogen-bond acceptors (Lipinski definition) is 6. The number of hydrazone groups is 1. The van der Waals surface area contributed by atoms with Gasteiger partial charge < -0.3 is 22.2 Å². The van der Waals surface area contributed by atoms with E-state index >= 15 is 0 Å². The van der Waals surface area contributed by atoms with Crippen molar-refractivity contribution in [2.75, 3.05) is 0 Å². The van der Waals surface area contributed by atoms with Crippen LogP contribution in [-0.2, 0) is 6.54 Å². The lowest BCUT2D eigenvalue weighted by atomic mass is 10.1. The molecule has 6 N–H and O–H groups in total. The summed E-state index contributed by atoms with van der Waals surface area (Å²) >= 11 is 0. The molecule has 0 radical (unpaired) electrons. The minimum atomic E-state index is -0.476. The van der Waals surface area contributed by atoms with Gasteiger partial charge in [0, 0.05) is 18.2 Å². The second-order valence-electron chi connectivity index (χ2n) is 7.39. The average molecular weight is 449 g/mol. The van der Waals surface area contributed by atoms with Crippen LogP contribution in [0.1, 0.15) is 56.2 Å². The summed E-state index contributed by atoms with van der Waals surface area (Å²) in [4.78, 5) is 33.0. The standard InChI is InChI=1S/C23H24FN7O2/c1-13-9-15(3-8-18(13)24)11-27-22(32)19-10-20(29-12-28-19)23(33)30-14(2)16-4-6-17(7-5-16)21(25)31-26/h3-10,12,14H,11,26H2,1-2H3,(H2,25,31)(H,27,32)(H,30,33). The summed E-state index contributed by atoms with van der Waals surface area (Å²) in [6.45, 7) is 3.65. The summed E-state index contributed by atoms with van der Waals surface area (Å²) in [6, 6.07) is 12.7. The molecule has 0 bridgehead atoms. The maximum absolute atomic E-state index is 13.4. The van der Waals surface area contributed by atoms with Crippen molar-refractivity contribution in [3.05, 3.63) is 94.3 Å². The Morgan fingerprint density at radius 3 is 2.36 bits per heavy atom. The number of amides is 2. The summed E-state index contributed by atoms with van der Waals surface area (Å²) in [7, 11) is 0. The molecule has 0 aliphatic rings. The number of carbonyl (C=O) groups is 2. The SMILES string of the molecule is Cc1cc(CNC(=O)c2cc(C(=O)NC(C)c3ccc(/C(N)=N/N)cc3)ncn2)ccc1F. The van der Waals surface area contributed by atoms with Gasteiger partial charge in [-0.2, -0.15) is 5.10 Å². The molecule has 170 valence electrons. The molecule has 10 heteroatoms. The molecule has 9 nitrogen and oxygen atoms in total. The first-order valence-corrected chi connectivity index (χ1v) is 10.1. The van der Waals surface area contributed by atoms with E-state index in [-0.39, 0.29) is 35.6 Å². The number of halogens is 1. The van der Waals surface area contributed by atoms with Crippen LogP contribution in [-0.4, -0.2) is 27.6 Å². The van der Waals surface area contributed by atoms with Crippen molar-refractivity contribution in [2.45, 2.75) is 26.4 Å². The number of benzene rings is 2. The smallest absolute Gasteiger partial charge is 0.270 e. The van der Waals surface area contributed by atoms with Crippen LogP contribution < -0.4 is 22.2 Å². The number of rotatable bonds is 7. The molecule has 0 saturated carbocycles. The molecule has 2 amide bonds. The van der Waals surface area contributed by atoms with Crippen LogP contribution in [0.15, 0.2) is 60.0 Å². The van der Waals surface area contributed by atoms with Crippen molar-refractivity contribution >= 4 is 17.6 Å². The first-order valence-electron chi connectivity index (χ1n) is 10.1. The quantitative estimate of drug-likeness (QED) is 0.187. The van der Waals surface area contributed by atoms with Crippen molar-refractivity contribution in [2.24, 2.45) is 16.7 Å². The number of nitrogens with two attached hydrogens (primary N) is 2. The first-order chi connectivity index (χ1) is 15.8. The van der Waals surface area contributed by atoms with Crippen LogP contribution in [0.5, 0.6) is 0 Å². The topological polar surface area (TPSA) is 148 Å². The summed E-state index contributed by atoms with van der Waals surface area (Å²) in [5.41, 5.74) is 8.50. The van der Waals surface area contributed by atoms with Crippen molar-refractivity contribution in [1.29, 1.82) is 0 Å². The average Bonchev–Trinajstić information content (AvgIpc) is 2.84. The minimum Gasteiger partial charge on any atom is -0.382 e. The number of aryl methyl sites for hydroxylation is 1. The predicted octanol–water partition coefficient (Wildman–Crippen LogP) is 1.92. The largest absolute Gasteiger partial charge is 0.382 e. The molecule has 0 aliphatic carbocycles. The zero-order chi connectivity index (χ0) is 24.0. The molecule has 0 fully saturated rings. The third-order valence-corrected chi connectivity index (χ3v) is 5.00. The fourth-order valence-electron chi connectivity index (χ4n) is 3.07. The molecule has 1 heterocycles. The third kappa shape index (κ3) is 5.88. The Labute approximate surface area is 190 Å². The molecule has 1 unspecified atom stereocenters. The van der Waals surface area contributed by atoms with Crippen LogP contribution >= 0.6 is 0 Å². The number of nitrogens with one attached hydrogen (secondary N) is 2. The summed E-state index contributed by atoms with van der Waals surface area (Å²) in [5.74, 6) is 4.14. The third-order valence-electron chi connectivity index (χ3n) is 5.00. The molecule has 1 atom stereocenters. The Morgan fingerprint density at radius 2 is 1.73 bits per heavy atom. The zero-order valence-corrected chi connectivity index (χ0v) is 18.2. The van der Waals surface area contributed by atoms with Gasteiger partial charge in [0.15, 0.2) is 0 Å². The van der Waals surface area contributed by atoms with Gasteiger partial charge >= 0.3 is 0 Å². The highest BCUT2D eigenvalue weighted by atomic mass is 19.1. The molecule has 2 aromatic carbocycles. The van der Waals surface area contributed by atoms with E-state index in [0.29, 0.717) is 11.1 Å². The lowest BCUT2D eigenvalue weighted by Gasteiger charge is -2.15. The van der Waals surface area contributed by atoms with Gasteiger partial charge in [-0.3, -0.25) is 9.59 Å². The van der Waals surface area contributed by atoms with Crippen LogP contribution in [0.3, 0.4) is 0 Å². The number of aromatic nitrogens is 2. The Morgan fingerprint density at radius 1 is 1.06 bits per heavy atom. The lowest BCUT2D eigenvalue weighted by Crippen LogP contribution is -2.29. The Kier molecular flexibility index (Phi) is 7.29. The van der Waals surface area contributed by atoms with Crippen molar-refractivity contribution in [1.82, 2.24) is 20.6 Å². The van der Waals surface area contributed by atoms with Crippen LogP contribution in [0.4, 0.5) is 4.39 Å². The summed E-state index contributed by atoms with van der Waals surface area (Å²) < 4.78 is 13.4.